The van der Waals surface area contributed by atoms with E-state index in [4.69, 9.17) is 9.47 Å². The normalized spacial score (nSPS) is 26.4. The number of likely N-dealkylation sites (N-methyl/N-ethyl adjacent to an activating group) is 1. The van der Waals surface area contributed by atoms with Crippen molar-refractivity contribution in [2.75, 3.05) is 53.7 Å². The summed E-state index contributed by atoms with van der Waals surface area (Å²) in [7, 11) is 3.51. The summed E-state index contributed by atoms with van der Waals surface area (Å²) in [6.45, 7) is 6.81. The molecule has 0 aromatic rings. The number of hydrogen-bond acceptors (Lipinski definition) is 5. The first-order valence-electron chi connectivity index (χ1n) is 8.29. The van der Waals surface area contributed by atoms with Crippen LogP contribution in [0.5, 0.6) is 0 Å². The number of nitrogens with zero attached hydrogens (tertiary/aromatic N) is 1. The largest absolute Gasteiger partial charge is 0.394 e. The molecule has 5 heteroatoms. The average Bonchev–Trinajstić information content (AvgIpc) is 2.51. The lowest BCUT2D eigenvalue weighted by Gasteiger charge is -2.44. The molecule has 126 valence electrons. The van der Waals surface area contributed by atoms with E-state index in [1.807, 2.05) is 0 Å². The summed E-state index contributed by atoms with van der Waals surface area (Å²) in [6.07, 6.45) is 5.53. The number of rotatable bonds is 11. The predicted molar refractivity (Wildman–Crippen MR) is 85.7 cm³/mol. The van der Waals surface area contributed by atoms with E-state index in [-0.39, 0.29) is 12.1 Å². The zero-order valence-electron chi connectivity index (χ0n) is 14.1. The quantitative estimate of drug-likeness (QED) is 0.563. The number of methoxy groups -OCH3 is 2. The Labute approximate surface area is 130 Å². The van der Waals surface area contributed by atoms with Gasteiger partial charge in [0.1, 0.15) is 0 Å². The van der Waals surface area contributed by atoms with E-state index in [0.717, 1.165) is 52.1 Å². The fraction of sp³-hybridized carbons (Fsp3) is 1.00. The Bertz CT molecular complexity index is 262. The van der Waals surface area contributed by atoms with E-state index in [1.165, 1.54) is 12.8 Å². The lowest BCUT2D eigenvalue weighted by Crippen LogP contribution is -2.56. The van der Waals surface area contributed by atoms with Crippen LogP contribution >= 0.6 is 0 Å². The van der Waals surface area contributed by atoms with Gasteiger partial charge in [-0.15, -0.1) is 0 Å². The van der Waals surface area contributed by atoms with Gasteiger partial charge >= 0.3 is 0 Å². The molecule has 2 unspecified atom stereocenters. The maximum Gasteiger partial charge on any atom is 0.0613 e. The molecule has 2 atom stereocenters. The van der Waals surface area contributed by atoms with Crippen LogP contribution in [-0.4, -0.2) is 75.3 Å². The maximum atomic E-state index is 9.84. The first-order chi connectivity index (χ1) is 10.2. The molecule has 0 aliphatic heterocycles. The maximum absolute atomic E-state index is 9.84. The van der Waals surface area contributed by atoms with Crippen LogP contribution in [0.25, 0.3) is 0 Å². The molecular weight excluding hydrogens is 268 g/mol. The van der Waals surface area contributed by atoms with Crippen molar-refractivity contribution < 1.29 is 14.6 Å². The molecule has 1 fully saturated rings. The third-order valence-corrected chi connectivity index (χ3v) is 4.57. The predicted octanol–water partition coefficient (Wildman–Crippen LogP) is 1.25. The van der Waals surface area contributed by atoms with Crippen LogP contribution in [0.1, 0.15) is 39.0 Å². The zero-order chi connectivity index (χ0) is 15.6. The van der Waals surface area contributed by atoms with E-state index in [1.54, 1.807) is 14.2 Å². The summed E-state index contributed by atoms with van der Waals surface area (Å²) < 4.78 is 10.4. The van der Waals surface area contributed by atoms with Crippen molar-refractivity contribution in [3.8, 4) is 0 Å². The fourth-order valence-corrected chi connectivity index (χ4v) is 3.48. The zero-order valence-corrected chi connectivity index (χ0v) is 14.1. The summed E-state index contributed by atoms with van der Waals surface area (Å²) >= 11 is 0. The van der Waals surface area contributed by atoms with Crippen LogP contribution in [-0.2, 0) is 9.47 Å². The molecule has 0 saturated heterocycles. The van der Waals surface area contributed by atoms with Crippen molar-refractivity contribution >= 4 is 0 Å². The second-order valence-corrected chi connectivity index (χ2v) is 6.09. The topological polar surface area (TPSA) is 54.0 Å². The van der Waals surface area contributed by atoms with Gasteiger partial charge in [0, 0.05) is 45.5 Å². The highest BCUT2D eigenvalue weighted by molar-refractivity contribution is 4.96. The Balaban J connectivity index is 2.61. The minimum Gasteiger partial charge on any atom is -0.394 e. The lowest BCUT2D eigenvalue weighted by atomic mass is 9.78. The second kappa shape index (κ2) is 10.5. The SMILES string of the molecule is CCNC1(CO)CCCC(N(CCCOC)CCOC)C1. The molecule has 0 heterocycles. The van der Waals surface area contributed by atoms with Crippen molar-refractivity contribution in [2.24, 2.45) is 0 Å². The number of aliphatic hydroxyl groups excluding tert-OH is 1. The third-order valence-electron chi connectivity index (χ3n) is 4.57. The Kier molecular flexibility index (Phi) is 9.44. The van der Waals surface area contributed by atoms with Crippen LogP contribution in [0.3, 0.4) is 0 Å². The van der Waals surface area contributed by atoms with Gasteiger partial charge in [-0.05, 0) is 38.6 Å². The van der Waals surface area contributed by atoms with Crippen molar-refractivity contribution in [1.82, 2.24) is 10.2 Å². The van der Waals surface area contributed by atoms with E-state index in [2.05, 4.69) is 17.1 Å². The van der Waals surface area contributed by atoms with Crippen LogP contribution in [0.2, 0.25) is 0 Å². The molecule has 5 nitrogen and oxygen atoms in total. The smallest absolute Gasteiger partial charge is 0.0613 e. The number of ether oxygens (including phenoxy) is 2. The van der Waals surface area contributed by atoms with E-state index >= 15 is 0 Å². The van der Waals surface area contributed by atoms with Gasteiger partial charge in [-0.25, -0.2) is 0 Å². The van der Waals surface area contributed by atoms with Crippen LogP contribution in [0.4, 0.5) is 0 Å². The number of aliphatic hydroxyl groups is 1. The monoisotopic (exact) mass is 302 g/mol. The molecule has 1 saturated carbocycles. The van der Waals surface area contributed by atoms with Crippen molar-refractivity contribution in [1.29, 1.82) is 0 Å². The van der Waals surface area contributed by atoms with E-state index in [9.17, 15) is 5.11 Å². The van der Waals surface area contributed by atoms with Gasteiger partial charge in [-0.2, -0.15) is 0 Å². The highest BCUT2D eigenvalue weighted by atomic mass is 16.5. The average molecular weight is 302 g/mol. The minimum absolute atomic E-state index is 0.0930. The number of nitrogens with one attached hydrogen (secondary N) is 1. The Morgan fingerprint density at radius 1 is 1.24 bits per heavy atom. The molecular formula is C16H34N2O3. The van der Waals surface area contributed by atoms with Crippen LogP contribution < -0.4 is 5.32 Å². The first-order valence-corrected chi connectivity index (χ1v) is 8.29. The molecule has 0 aromatic heterocycles. The van der Waals surface area contributed by atoms with Crippen molar-refractivity contribution in [2.45, 2.75) is 50.6 Å². The molecule has 0 spiro atoms. The van der Waals surface area contributed by atoms with Gasteiger partial charge in [-0.3, -0.25) is 4.90 Å². The second-order valence-electron chi connectivity index (χ2n) is 6.09. The van der Waals surface area contributed by atoms with Crippen molar-refractivity contribution in [3.63, 3.8) is 0 Å². The van der Waals surface area contributed by atoms with E-state index < -0.39 is 0 Å². The molecule has 0 radical (unpaired) electrons. The summed E-state index contributed by atoms with van der Waals surface area (Å²) in [4.78, 5) is 2.52. The molecule has 1 aliphatic carbocycles. The van der Waals surface area contributed by atoms with Gasteiger partial charge in [0.25, 0.3) is 0 Å². The highest BCUT2D eigenvalue weighted by Gasteiger charge is 2.37. The molecule has 2 N–H and O–H groups in total. The van der Waals surface area contributed by atoms with Crippen LogP contribution in [0.15, 0.2) is 0 Å². The van der Waals surface area contributed by atoms with Crippen LogP contribution in [0, 0.1) is 0 Å². The van der Waals surface area contributed by atoms with E-state index in [0.29, 0.717) is 6.04 Å². The third kappa shape index (κ3) is 6.20. The van der Waals surface area contributed by atoms with Gasteiger partial charge in [0.15, 0.2) is 0 Å². The van der Waals surface area contributed by atoms with Gasteiger partial charge < -0.3 is 19.9 Å². The summed E-state index contributed by atoms with van der Waals surface area (Å²) in [5, 5.41) is 13.4. The first kappa shape index (κ1) is 18.8. The van der Waals surface area contributed by atoms with Gasteiger partial charge in [0.2, 0.25) is 0 Å². The lowest BCUT2D eigenvalue weighted by molar-refractivity contribution is 0.0423. The summed E-state index contributed by atoms with van der Waals surface area (Å²) in [6, 6.07) is 0.525. The summed E-state index contributed by atoms with van der Waals surface area (Å²) in [5.74, 6) is 0. The summed E-state index contributed by atoms with van der Waals surface area (Å²) in [5.41, 5.74) is -0.0930. The van der Waals surface area contributed by atoms with Gasteiger partial charge in [0.05, 0.1) is 13.2 Å². The standard InChI is InChI=1S/C16H34N2O3/c1-4-17-16(14-19)8-5-7-15(13-16)18(10-12-21-3)9-6-11-20-2/h15,17,19H,4-14H2,1-3H3. The van der Waals surface area contributed by atoms with Crippen molar-refractivity contribution in [3.05, 3.63) is 0 Å². The Hall–Kier alpha value is -0.200. The Morgan fingerprint density at radius 2 is 2.00 bits per heavy atom. The minimum atomic E-state index is -0.0930. The molecule has 1 aliphatic rings. The Morgan fingerprint density at radius 3 is 2.62 bits per heavy atom. The van der Waals surface area contributed by atoms with Gasteiger partial charge in [-0.1, -0.05) is 6.92 Å². The molecule has 0 aromatic carbocycles. The molecule has 21 heavy (non-hydrogen) atoms. The molecule has 0 amide bonds. The molecule has 1 rings (SSSR count). The highest BCUT2D eigenvalue weighted by Crippen LogP contribution is 2.31. The molecule has 0 bridgehead atoms. The fourth-order valence-electron chi connectivity index (χ4n) is 3.48. The number of hydrogen-bond donors (Lipinski definition) is 2.